The van der Waals surface area contributed by atoms with Gasteiger partial charge < -0.3 is 10.0 Å². The van der Waals surface area contributed by atoms with Gasteiger partial charge in [0.25, 0.3) is 0 Å². The Kier molecular flexibility index (Phi) is 3.89. The molecule has 1 aliphatic rings. The zero-order chi connectivity index (χ0) is 12.4. The van der Waals surface area contributed by atoms with Gasteiger partial charge in [0, 0.05) is 17.6 Å². The molecule has 0 fully saturated rings. The quantitative estimate of drug-likeness (QED) is 0.842. The lowest BCUT2D eigenvalue weighted by Gasteiger charge is -2.28. The lowest BCUT2D eigenvalue weighted by atomic mass is 10.1. The average Bonchev–Trinajstić information content (AvgIpc) is 2.30. The number of nitrogens with zero attached hydrogens (tertiary/aromatic N) is 1. The van der Waals surface area contributed by atoms with Crippen molar-refractivity contribution in [3.63, 3.8) is 0 Å². The Morgan fingerprint density at radius 2 is 2.18 bits per heavy atom. The Morgan fingerprint density at radius 1 is 1.41 bits per heavy atom. The maximum Gasteiger partial charge on any atom is 0.0762 e. The van der Waals surface area contributed by atoms with E-state index in [1.54, 1.807) is 6.92 Å². The molecule has 0 saturated heterocycles. The Hall–Kier alpha value is -0.800. The van der Waals surface area contributed by atoms with Crippen LogP contribution in [0.5, 0.6) is 0 Å². The molecule has 0 saturated carbocycles. The third kappa shape index (κ3) is 2.90. The van der Waals surface area contributed by atoms with Crippen LogP contribution in [0.15, 0.2) is 34.3 Å². The summed E-state index contributed by atoms with van der Waals surface area (Å²) < 4.78 is 1.06. The summed E-state index contributed by atoms with van der Waals surface area (Å²) in [6, 6.07) is 6.09. The van der Waals surface area contributed by atoms with Crippen LogP contribution in [0.3, 0.4) is 0 Å². The zero-order valence-corrected chi connectivity index (χ0v) is 11.9. The van der Waals surface area contributed by atoms with Crippen LogP contribution in [-0.2, 0) is 0 Å². The summed E-state index contributed by atoms with van der Waals surface area (Å²) in [5, 5.41) is 9.54. The highest BCUT2D eigenvalue weighted by molar-refractivity contribution is 9.10. The molecule has 0 bridgehead atoms. The predicted octanol–water partition coefficient (Wildman–Crippen LogP) is 3.66. The summed E-state index contributed by atoms with van der Waals surface area (Å²) in [6.45, 7) is 6.00. The highest BCUT2D eigenvalue weighted by Crippen LogP contribution is 2.30. The highest BCUT2D eigenvalue weighted by Gasteiger charge is 2.13. The van der Waals surface area contributed by atoms with Crippen LogP contribution in [-0.4, -0.2) is 18.2 Å². The molecule has 1 atom stereocenters. The molecule has 1 heterocycles. The standard InChI is InChI=1S/C14H18BrNO/c1-10-5-7-16(8-6-10)14-4-3-12(11(2)17)9-13(14)15/h3-5,9,11,17H,6-8H2,1-2H3/t11-/m1/s1. The summed E-state index contributed by atoms with van der Waals surface area (Å²) in [7, 11) is 0. The van der Waals surface area contributed by atoms with Gasteiger partial charge in [-0.2, -0.15) is 0 Å². The maximum atomic E-state index is 9.54. The smallest absolute Gasteiger partial charge is 0.0762 e. The minimum Gasteiger partial charge on any atom is -0.389 e. The average molecular weight is 296 g/mol. The van der Waals surface area contributed by atoms with Crippen molar-refractivity contribution in [3.05, 3.63) is 39.9 Å². The van der Waals surface area contributed by atoms with E-state index in [9.17, 15) is 5.11 Å². The van der Waals surface area contributed by atoms with Gasteiger partial charge in [0.05, 0.1) is 11.8 Å². The maximum absolute atomic E-state index is 9.54. The van der Waals surface area contributed by atoms with Crippen molar-refractivity contribution in [2.45, 2.75) is 26.4 Å². The van der Waals surface area contributed by atoms with Crippen molar-refractivity contribution in [2.75, 3.05) is 18.0 Å². The van der Waals surface area contributed by atoms with Gasteiger partial charge >= 0.3 is 0 Å². The van der Waals surface area contributed by atoms with Crippen LogP contribution in [0, 0.1) is 0 Å². The first-order chi connectivity index (χ1) is 8.08. The SMILES string of the molecule is CC1=CCN(c2ccc([C@@H](C)O)cc2Br)CC1. The highest BCUT2D eigenvalue weighted by atomic mass is 79.9. The molecule has 0 unspecified atom stereocenters. The number of hydrogen-bond acceptors (Lipinski definition) is 2. The van der Waals surface area contributed by atoms with Gasteiger partial charge in [0.2, 0.25) is 0 Å². The van der Waals surface area contributed by atoms with Crippen LogP contribution in [0.1, 0.15) is 31.9 Å². The third-order valence-electron chi connectivity index (χ3n) is 3.23. The lowest BCUT2D eigenvalue weighted by Crippen LogP contribution is -2.28. The summed E-state index contributed by atoms with van der Waals surface area (Å²) in [5.74, 6) is 0. The minimum absolute atomic E-state index is 0.413. The van der Waals surface area contributed by atoms with Gasteiger partial charge in [-0.3, -0.25) is 0 Å². The summed E-state index contributed by atoms with van der Waals surface area (Å²) >= 11 is 3.59. The predicted molar refractivity (Wildman–Crippen MR) is 75.4 cm³/mol. The molecule has 1 aliphatic heterocycles. The third-order valence-corrected chi connectivity index (χ3v) is 3.87. The van der Waals surface area contributed by atoms with E-state index in [1.165, 1.54) is 11.3 Å². The first-order valence-corrected chi connectivity index (χ1v) is 6.75. The Balaban J connectivity index is 2.22. The van der Waals surface area contributed by atoms with E-state index in [1.807, 2.05) is 12.1 Å². The number of aliphatic hydroxyl groups excluding tert-OH is 1. The van der Waals surface area contributed by atoms with Crippen LogP contribution in [0.4, 0.5) is 5.69 Å². The molecule has 3 heteroatoms. The molecule has 2 rings (SSSR count). The second-order valence-corrected chi connectivity index (χ2v) is 5.49. The number of aliphatic hydroxyl groups is 1. The topological polar surface area (TPSA) is 23.5 Å². The van der Waals surface area contributed by atoms with Gasteiger partial charge in [0.1, 0.15) is 0 Å². The van der Waals surface area contributed by atoms with Gasteiger partial charge in [-0.25, -0.2) is 0 Å². The van der Waals surface area contributed by atoms with Gasteiger partial charge in [0.15, 0.2) is 0 Å². The van der Waals surface area contributed by atoms with Crippen LogP contribution in [0.2, 0.25) is 0 Å². The molecule has 92 valence electrons. The van der Waals surface area contributed by atoms with Crippen LogP contribution >= 0.6 is 15.9 Å². The molecule has 1 N–H and O–H groups in total. The molecule has 0 radical (unpaired) electrons. The van der Waals surface area contributed by atoms with Crippen LogP contribution < -0.4 is 4.90 Å². The molecule has 1 aromatic rings. The molecular formula is C14H18BrNO. The number of rotatable bonds is 2. The fraction of sp³-hybridized carbons (Fsp3) is 0.429. The van der Waals surface area contributed by atoms with Gasteiger partial charge in [-0.1, -0.05) is 17.7 Å². The van der Waals surface area contributed by atoms with E-state index in [4.69, 9.17) is 0 Å². The van der Waals surface area contributed by atoms with E-state index < -0.39 is 6.10 Å². The zero-order valence-electron chi connectivity index (χ0n) is 10.3. The molecule has 0 aromatic heterocycles. The summed E-state index contributed by atoms with van der Waals surface area (Å²) in [4.78, 5) is 2.35. The van der Waals surface area contributed by atoms with Gasteiger partial charge in [-0.15, -0.1) is 0 Å². The molecular weight excluding hydrogens is 278 g/mol. The minimum atomic E-state index is -0.413. The van der Waals surface area contributed by atoms with E-state index in [2.05, 4.69) is 39.9 Å². The fourth-order valence-electron chi connectivity index (χ4n) is 2.03. The molecule has 17 heavy (non-hydrogen) atoms. The first-order valence-electron chi connectivity index (χ1n) is 5.96. The van der Waals surface area contributed by atoms with Crippen molar-refractivity contribution in [1.29, 1.82) is 0 Å². The van der Waals surface area contributed by atoms with Crippen LogP contribution in [0.25, 0.3) is 0 Å². The van der Waals surface area contributed by atoms with Crippen molar-refractivity contribution in [2.24, 2.45) is 0 Å². The summed E-state index contributed by atoms with van der Waals surface area (Å²) in [6.07, 6.45) is 2.99. The van der Waals surface area contributed by atoms with Crippen molar-refractivity contribution >= 4 is 21.6 Å². The van der Waals surface area contributed by atoms with E-state index in [-0.39, 0.29) is 0 Å². The summed E-state index contributed by atoms with van der Waals surface area (Å²) in [5.41, 5.74) is 3.63. The Labute approximate surface area is 111 Å². The molecule has 0 spiro atoms. The van der Waals surface area contributed by atoms with E-state index in [0.29, 0.717) is 0 Å². The first kappa shape index (κ1) is 12.7. The van der Waals surface area contributed by atoms with E-state index >= 15 is 0 Å². The molecule has 0 amide bonds. The normalized spacial score (nSPS) is 17.9. The molecule has 2 nitrogen and oxygen atoms in total. The second kappa shape index (κ2) is 5.23. The van der Waals surface area contributed by atoms with Crippen molar-refractivity contribution in [3.8, 4) is 0 Å². The van der Waals surface area contributed by atoms with Crippen molar-refractivity contribution in [1.82, 2.24) is 0 Å². The number of halogens is 1. The molecule has 0 aliphatic carbocycles. The van der Waals surface area contributed by atoms with E-state index in [0.717, 1.165) is 29.5 Å². The van der Waals surface area contributed by atoms with Crippen molar-refractivity contribution < 1.29 is 5.11 Å². The Bertz CT molecular complexity index is 440. The second-order valence-electron chi connectivity index (χ2n) is 4.63. The Morgan fingerprint density at radius 3 is 2.71 bits per heavy atom. The largest absolute Gasteiger partial charge is 0.389 e. The number of benzene rings is 1. The molecule has 1 aromatic carbocycles. The number of anilines is 1. The van der Waals surface area contributed by atoms with Gasteiger partial charge in [-0.05, 0) is 53.9 Å². The number of hydrogen-bond donors (Lipinski definition) is 1. The fourth-order valence-corrected chi connectivity index (χ4v) is 2.68. The monoisotopic (exact) mass is 295 g/mol. The lowest BCUT2D eigenvalue weighted by molar-refractivity contribution is 0.199.